The standard InChI is InChI=1S/C17H19N3OS/c1-12-7-6-9-15(13(12)2)19-17(22)20-18-11-14-8-4-5-10-16(14)21-3/h4-11H,1-3H3,(H2,19,20,22). The van der Waals surface area contributed by atoms with E-state index in [9.17, 15) is 0 Å². The third kappa shape index (κ3) is 4.05. The highest BCUT2D eigenvalue weighted by molar-refractivity contribution is 7.80. The SMILES string of the molecule is COc1ccccc1C=NNC(=S)Nc1cccc(C)c1C. The molecule has 0 aliphatic rings. The maximum atomic E-state index is 5.26. The number of ether oxygens (including phenoxy) is 1. The number of para-hydroxylation sites is 1. The average Bonchev–Trinajstić information content (AvgIpc) is 2.52. The summed E-state index contributed by atoms with van der Waals surface area (Å²) < 4.78 is 5.26. The summed E-state index contributed by atoms with van der Waals surface area (Å²) in [5.41, 5.74) is 7.05. The lowest BCUT2D eigenvalue weighted by atomic mass is 10.1. The largest absolute Gasteiger partial charge is 0.496 e. The zero-order valence-corrected chi connectivity index (χ0v) is 13.7. The second-order valence-corrected chi connectivity index (χ2v) is 5.22. The molecule has 0 unspecified atom stereocenters. The summed E-state index contributed by atoms with van der Waals surface area (Å²) in [5.74, 6) is 0.765. The lowest BCUT2D eigenvalue weighted by Crippen LogP contribution is -2.24. The zero-order valence-electron chi connectivity index (χ0n) is 12.9. The number of hydrogen-bond acceptors (Lipinski definition) is 3. The van der Waals surface area contributed by atoms with Crippen molar-refractivity contribution < 1.29 is 4.74 Å². The fourth-order valence-electron chi connectivity index (χ4n) is 1.97. The van der Waals surface area contributed by atoms with E-state index in [0.29, 0.717) is 5.11 Å². The molecular formula is C17H19N3OS. The summed E-state index contributed by atoms with van der Waals surface area (Å²) in [5, 5.41) is 7.73. The van der Waals surface area contributed by atoms with Crippen molar-refractivity contribution in [3.63, 3.8) is 0 Å². The van der Waals surface area contributed by atoms with E-state index in [1.54, 1.807) is 13.3 Å². The quantitative estimate of drug-likeness (QED) is 0.514. The molecule has 0 spiro atoms. The highest BCUT2D eigenvalue weighted by Gasteiger charge is 2.02. The number of hydrogen-bond donors (Lipinski definition) is 2. The molecular weight excluding hydrogens is 294 g/mol. The molecule has 22 heavy (non-hydrogen) atoms. The van der Waals surface area contributed by atoms with Gasteiger partial charge in [0.05, 0.1) is 13.3 Å². The van der Waals surface area contributed by atoms with Gasteiger partial charge in [-0.25, -0.2) is 0 Å². The van der Waals surface area contributed by atoms with E-state index < -0.39 is 0 Å². The van der Waals surface area contributed by atoms with Crippen molar-refractivity contribution in [2.75, 3.05) is 12.4 Å². The Morgan fingerprint density at radius 2 is 1.91 bits per heavy atom. The van der Waals surface area contributed by atoms with Crippen molar-refractivity contribution in [2.24, 2.45) is 5.10 Å². The normalized spacial score (nSPS) is 10.5. The number of methoxy groups -OCH3 is 1. The highest BCUT2D eigenvalue weighted by atomic mass is 32.1. The monoisotopic (exact) mass is 313 g/mol. The molecule has 0 aliphatic heterocycles. The summed E-state index contributed by atoms with van der Waals surface area (Å²) in [6.45, 7) is 4.12. The van der Waals surface area contributed by atoms with E-state index in [4.69, 9.17) is 17.0 Å². The molecule has 0 aromatic heterocycles. The van der Waals surface area contributed by atoms with Gasteiger partial charge in [-0.1, -0.05) is 24.3 Å². The summed E-state index contributed by atoms with van der Waals surface area (Å²) in [6, 6.07) is 13.7. The first kappa shape index (κ1) is 16.0. The average molecular weight is 313 g/mol. The second kappa shape index (κ2) is 7.56. The fourth-order valence-corrected chi connectivity index (χ4v) is 2.13. The highest BCUT2D eigenvalue weighted by Crippen LogP contribution is 2.17. The molecule has 2 aromatic rings. The van der Waals surface area contributed by atoms with Crippen LogP contribution in [0.2, 0.25) is 0 Å². The Morgan fingerprint density at radius 1 is 1.14 bits per heavy atom. The summed E-state index contributed by atoms with van der Waals surface area (Å²) in [4.78, 5) is 0. The maximum absolute atomic E-state index is 5.26. The van der Waals surface area contributed by atoms with Crippen LogP contribution in [-0.2, 0) is 0 Å². The van der Waals surface area contributed by atoms with Gasteiger partial charge in [-0.05, 0) is 55.4 Å². The molecule has 0 amide bonds. The molecule has 0 heterocycles. The molecule has 0 bridgehead atoms. The topological polar surface area (TPSA) is 45.6 Å². The molecule has 2 rings (SSSR count). The van der Waals surface area contributed by atoms with Gasteiger partial charge in [0.2, 0.25) is 0 Å². The van der Waals surface area contributed by atoms with Crippen LogP contribution < -0.4 is 15.5 Å². The second-order valence-electron chi connectivity index (χ2n) is 4.81. The lowest BCUT2D eigenvalue weighted by molar-refractivity contribution is 0.414. The van der Waals surface area contributed by atoms with Crippen molar-refractivity contribution in [3.05, 3.63) is 59.2 Å². The first-order valence-corrected chi connectivity index (χ1v) is 7.32. The Labute approximate surface area is 136 Å². The van der Waals surface area contributed by atoms with Gasteiger partial charge in [-0.3, -0.25) is 5.43 Å². The van der Waals surface area contributed by atoms with Crippen LogP contribution in [0.1, 0.15) is 16.7 Å². The summed E-state index contributed by atoms with van der Waals surface area (Å²) >= 11 is 5.25. The Morgan fingerprint density at radius 3 is 2.68 bits per heavy atom. The molecule has 0 aliphatic carbocycles. The number of thiocarbonyl (C=S) groups is 1. The van der Waals surface area contributed by atoms with E-state index in [1.807, 2.05) is 36.4 Å². The number of nitrogens with zero attached hydrogens (tertiary/aromatic N) is 1. The van der Waals surface area contributed by atoms with Gasteiger partial charge in [0.15, 0.2) is 5.11 Å². The van der Waals surface area contributed by atoms with Gasteiger partial charge in [-0.15, -0.1) is 0 Å². The lowest BCUT2D eigenvalue weighted by Gasteiger charge is -2.11. The smallest absolute Gasteiger partial charge is 0.191 e. The molecule has 5 heteroatoms. The van der Waals surface area contributed by atoms with Gasteiger partial charge in [-0.2, -0.15) is 5.10 Å². The third-order valence-electron chi connectivity index (χ3n) is 3.36. The van der Waals surface area contributed by atoms with Gasteiger partial charge in [0.1, 0.15) is 5.75 Å². The van der Waals surface area contributed by atoms with E-state index in [0.717, 1.165) is 17.0 Å². The number of nitrogens with one attached hydrogen (secondary N) is 2. The van der Waals surface area contributed by atoms with E-state index in [1.165, 1.54) is 11.1 Å². The minimum atomic E-state index is 0.444. The van der Waals surface area contributed by atoms with Crippen molar-refractivity contribution in [1.82, 2.24) is 5.43 Å². The van der Waals surface area contributed by atoms with Crippen molar-refractivity contribution >= 4 is 29.2 Å². The van der Waals surface area contributed by atoms with Crippen LogP contribution >= 0.6 is 12.2 Å². The third-order valence-corrected chi connectivity index (χ3v) is 3.55. The molecule has 4 nitrogen and oxygen atoms in total. The van der Waals surface area contributed by atoms with Crippen LogP contribution in [0.3, 0.4) is 0 Å². The fraction of sp³-hybridized carbons (Fsp3) is 0.176. The van der Waals surface area contributed by atoms with Gasteiger partial charge < -0.3 is 10.1 Å². The van der Waals surface area contributed by atoms with Crippen LogP contribution in [0.4, 0.5) is 5.69 Å². The first-order chi connectivity index (χ1) is 10.6. The van der Waals surface area contributed by atoms with Gasteiger partial charge in [0.25, 0.3) is 0 Å². The molecule has 2 aromatic carbocycles. The van der Waals surface area contributed by atoms with E-state index >= 15 is 0 Å². The summed E-state index contributed by atoms with van der Waals surface area (Å²) in [7, 11) is 1.63. The minimum absolute atomic E-state index is 0.444. The number of anilines is 1. The number of aryl methyl sites for hydroxylation is 1. The molecule has 0 saturated carbocycles. The number of benzene rings is 2. The van der Waals surface area contributed by atoms with Crippen molar-refractivity contribution in [2.45, 2.75) is 13.8 Å². The molecule has 0 atom stereocenters. The van der Waals surface area contributed by atoms with E-state index in [2.05, 4.69) is 35.8 Å². The van der Waals surface area contributed by atoms with Crippen LogP contribution in [-0.4, -0.2) is 18.4 Å². The maximum Gasteiger partial charge on any atom is 0.191 e. The molecule has 0 radical (unpaired) electrons. The number of rotatable bonds is 4. The van der Waals surface area contributed by atoms with Crippen LogP contribution in [0.5, 0.6) is 5.75 Å². The Kier molecular flexibility index (Phi) is 5.49. The Balaban J connectivity index is 1.98. The number of hydrazone groups is 1. The van der Waals surface area contributed by atoms with Gasteiger partial charge in [0, 0.05) is 11.3 Å². The predicted octanol–water partition coefficient (Wildman–Crippen LogP) is 3.63. The van der Waals surface area contributed by atoms with Crippen LogP contribution in [0, 0.1) is 13.8 Å². The van der Waals surface area contributed by atoms with Crippen molar-refractivity contribution in [1.29, 1.82) is 0 Å². The van der Waals surface area contributed by atoms with Crippen LogP contribution in [0.15, 0.2) is 47.6 Å². The molecule has 0 saturated heterocycles. The molecule has 114 valence electrons. The van der Waals surface area contributed by atoms with Crippen molar-refractivity contribution in [3.8, 4) is 5.75 Å². The predicted molar refractivity (Wildman–Crippen MR) is 95.9 cm³/mol. The van der Waals surface area contributed by atoms with E-state index in [-0.39, 0.29) is 0 Å². The Bertz CT molecular complexity index is 698. The van der Waals surface area contributed by atoms with Gasteiger partial charge >= 0.3 is 0 Å². The molecule has 0 fully saturated rings. The zero-order chi connectivity index (χ0) is 15.9. The Hall–Kier alpha value is -2.40. The minimum Gasteiger partial charge on any atom is -0.496 e. The summed E-state index contributed by atoms with van der Waals surface area (Å²) in [6.07, 6.45) is 1.68. The van der Waals surface area contributed by atoms with Crippen LogP contribution in [0.25, 0.3) is 0 Å². The molecule has 2 N–H and O–H groups in total. The first-order valence-electron chi connectivity index (χ1n) is 6.91.